The van der Waals surface area contributed by atoms with Gasteiger partial charge < -0.3 is 10.1 Å². The first-order chi connectivity index (χ1) is 10.5. The first kappa shape index (κ1) is 15.8. The Labute approximate surface area is 133 Å². The molecular weight excluding hydrogens is 302 g/mol. The smallest absolute Gasteiger partial charge is 0.239 e. The number of aromatic nitrogens is 1. The SMILES string of the molecule is Cc1cc(C)c(C#N)c(Oc2cccc(NC(=O)CCl)c2)n1. The molecule has 0 saturated carbocycles. The zero-order valence-electron chi connectivity index (χ0n) is 12.2. The minimum absolute atomic E-state index is 0.123. The van der Waals surface area contributed by atoms with Gasteiger partial charge in [-0.15, -0.1) is 11.6 Å². The lowest BCUT2D eigenvalue weighted by Gasteiger charge is -2.10. The van der Waals surface area contributed by atoms with Crippen LogP contribution in [0.1, 0.15) is 16.8 Å². The summed E-state index contributed by atoms with van der Waals surface area (Å²) in [5, 5.41) is 11.9. The molecule has 112 valence electrons. The number of carbonyl (C=O) groups is 1. The third kappa shape index (κ3) is 3.74. The largest absolute Gasteiger partial charge is 0.438 e. The molecule has 2 aromatic rings. The van der Waals surface area contributed by atoms with Crippen LogP contribution in [0, 0.1) is 25.2 Å². The highest BCUT2D eigenvalue weighted by Crippen LogP contribution is 2.27. The van der Waals surface area contributed by atoms with Crippen molar-refractivity contribution in [3.63, 3.8) is 0 Å². The van der Waals surface area contributed by atoms with Crippen LogP contribution in [0.25, 0.3) is 0 Å². The molecule has 1 N–H and O–H groups in total. The molecule has 0 saturated heterocycles. The van der Waals surface area contributed by atoms with Gasteiger partial charge in [0.25, 0.3) is 0 Å². The summed E-state index contributed by atoms with van der Waals surface area (Å²) in [5.41, 5.74) is 2.52. The minimum Gasteiger partial charge on any atom is -0.438 e. The summed E-state index contributed by atoms with van der Waals surface area (Å²) in [7, 11) is 0. The number of nitrogens with zero attached hydrogens (tertiary/aromatic N) is 2. The number of nitrogens with one attached hydrogen (secondary N) is 1. The van der Waals surface area contributed by atoms with E-state index in [1.807, 2.05) is 19.9 Å². The highest BCUT2D eigenvalue weighted by molar-refractivity contribution is 6.29. The highest BCUT2D eigenvalue weighted by Gasteiger charge is 2.11. The van der Waals surface area contributed by atoms with E-state index in [-0.39, 0.29) is 17.7 Å². The van der Waals surface area contributed by atoms with Gasteiger partial charge in [-0.25, -0.2) is 4.98 Å². The van der Waals surface area contributed by atoms with E-state index in [1.54, 1.807) is 24.3 Å². The molecule has 6 heteroatoms. The highest BCUT2D eigenvalue weighted by atomic mass is 35.5. The maximum Gasteiger partial charge on any atom is 0.239 e. The van der Waals surface area contributed by atoms with E-state index in [1.165, 1.54) is 0 Å². The predicted molar refractivity (Wildman–Crippen MR) is 84.3 cm³/mol. The van der Waals surface area contributed by atoms with Crippen molar-refractivity contribution in [2.45, 2.75) is 13.8 Å². The summed E-state index contributed by atoms with van der Waals surface area (Å²) in [6.07, 6.45) is 0. The van der Waals surface area contributed by atoms with Crippen molar-refractivity contribution < 1.29 is 9.53 Å². The molecule has 1 aromatic heterocycles. The van der Waals surface area contributed by atoms with Crippen molar-refractivity contribution >= 4 is 23.2 Å². The Balaban J connectivity index is 2.30. The van der Waals surface area contributed by atoms with Gasteiger partial charge in [0, 0.05) is 17.4 Å². The van der Waals surface area contributed by atoms with Crippen LogP contribution in [0.15, 0.2) is 30.3 Å². The number of alkyl halides is 1. The molecule has 0 spiro atoms. The Hall–Kier alpha value is -2.58. The second-order valence-corrected chi connectivity index (χ2v) is 4.95. The summed E-state index contributed by atoms with van der Waals surface area (Å²) in [6, 6.07) is 10.7. The topological polar surface area (TPSA) is 75.0 Å². The lowest BCUT2D eigenvalue weighted by molar-refractivity contribution is -0.113. The number of ether oxygens (including phenoxy) is 1. The molecule has 0 fully saturated rings. The molecule has 5 nitrogen and oxygen atoms in total. The number of rotatable bonds is 4. The van der Waals surface area contributed by atoms with E-state index >= 15 is 0 Å². The Bertz CT molecular complexity index is 754. The van der Waals surface area contributed by atoms with E-state index in [0.717, 1.165) is 11.3 Å². The summed E-state index contributed by atoms with van der Waals surface area (Å²) < 4.78 is 5.70. The van der Waals surface area contributed by atoms with Gasteiger partial charge in [0.05, 0.1) is 0 Å². The molecular formula is C16H14ClN3O2. The number of nitriles is 1. The van der Waals surface area contributed by atoms with Gasteiger partial charge >= 0.3 is 0 Å². The van der Waals surface area contributed by atoms with Gasteiger partial charge in [0.2, 0.25) is 11.8 Å². The molecule has 0 unspecified atom stereocenters. The van der Waals surface area contributed by atoms with Crippen LogP contribution in [0.4, 0.5) is 5.69 Å². The summed E-state index contributed by atoms with van der Waals surface area (Å²) in [5.74, 6) is 0.297. The van der Waals surface area contributed by atoms with Crippen molar-refractivity contribution in [1.82, 2.24) is 4.98 Å². The van der Waals surface area contributed by atoms with Gasteiger partial charge in [-0.05, 0) is 37.6 Å². The number of benzene rings is 1. The normalized spacial score (nSPS) is 9.91. The molecule has 1 amide bonds. The van der Waals surface area contributed by atoms with Crippen LogP contribution in [0.2, 0.25) is 0 Å². The fourth-order valence-corrected chi connectivity index (χ4v) is 2.02. The monoisotopic (exact) mass is 315 g/mol. The fourth-order valence-electron chi connectivity index (χ4n) is 1.96. The van der Waals surface area contributed by atoms with Crippen LogP contribution in [-0.2, 0) is 4.79 Å². The Morgan fingerprint density at radius 2 is 2.18 bits per heavy atom. The van der Waals surface area contributed by atoms with Gasteiger partial charge in [-0.1, -0.05) is 6.07 Å². The van der Waals surface area contributed by atoms with Crippen molar-refractivity contribution in [2.75, 3.05) is 11.2 Å². The number of amides is 1. The standard InChI is InChI=1S/C16H14ClN3O2/c1-10-6-11(2)19-16(14(10)9-18)22-13-5-3-4-12(7-13)20-15(21)8-17/h3-7H,8H2,1-2H3,(H,20,21). The van der Waals surface area contributed by atoms with Crippen LogP contribution < -0.4 is 10.1 Å². The number of anilines is 1. The zero-order chi connectivity index (χ0) is 16.1. The van der Waals surface area contributed by atoms with Crippen molar-refractivity contribution in [3.05, 3.63) is 47.2 Å². The first-order valence-electron chi connectivity index (χ1n) is 6.55. The average molecular weight is 316 g/mol. The summed E-state index contributed by atoms with van der Waals surface area (Å²) in [4.78, 5) is 15.6. The van der Waals surface area contributed by atoms with Crippen LogP contribution >= 0.6 is 11.6 Å². The molecule has 1 aromatic carbocycles. The third-order valence-corrected chi connectivity index (χ3v) is 3.12. The van der Waals surface area contributed by atoms with Crippen molar-refractivity contribution in [1.29, 1.82) is 5.26 Å². The predicted octanol–water partition coefficient (Wildman–Crippen LogP) is 3.54. The van der Waals surface area contributed by atoms with E-state index in [2.05, 4.69) is 16.4 Å². The molecule has 0 bridgehead atoms. The molecule has 0 aliphatic heterocycles. The van der Waals surface area contributed by atoms with Gasteiger partial charge in [0.1, 0.15) is 23.3 Å². The Kier molecular flexibility index (Phi) is 4.97. The molecule has 0 atom stereocenters. The van der Waals surface area contributed by atoms with E-state index in [0.29, 0.717) is 17.0 Å². The molecule has 0 radical (unpaired) electrons. The maximum atomic E-state index is 11.3. The van der Waals surface area contributed by atoms with Crippen LogP contribution in [-0.4, -0.2) is 16.8 Å². The number of pyridine rings is 1. The maximum absolute atomic E-state index is 11.3. The zero-order valence-corrected chi connectivity index (χ0v) is 12.9. The first-order valence-corrected chi connectivity index (χ1v) is 7.09. The lowest BCUT2D eigenvalue weighted by Crippen LogP contribution is -2.12. The molecule has 0 aliphatic rings. The second-order valence-electron chi connectivity index (χ2n) is 4.68. The van der Waals surface area contributed by atoms with E-state index in [9.17, 15) is 10.1 Å². The molecule has 22 heavy (non-hydrogen) atoms. The quantitative estimate of drug-likeness (QED) is 0.876. The number of carbonyl (C=O) groups excluding carboxylic acids is 1. The number of halogens is 1. The molecule has 0 aliphatic carbocycles. The average Bonchev–Trinajstić information content (AvgIpc) is 2.47. The molecule has 2 rings (SSSR count). The number of hydrogen-bond acceptors (Lipinski definition) is 4. The minimum atomic E-state index is -0.305. The van der Waals surface area contributed by atoms with E-state index < -0.39 is 0 Å². The fraction of sp³-hybridized carbons (Fsp3) is 0.188. The third-order valence-electron chi connectivity index (χ3n) is 2.88. The number of hydrogen-bond donors (Lipinski definition) is 1. The molecule has 1 heterocycles. The van der Waals surface area contributed by atoms with Crippen LogP contribution in [0.5, 0.6) is 11.6 Å². The van der Waals surface area contributed by atoms with Crippen molar-refractivity contribution in [2.24, 2.45) is 0 Å². The van der Waals surface area contributed by atoms with Gasteiger partial charge in [0.15, 0.2) is 0 Å². The Morgan fingerprint density at radius 3 is 2.86 bits per heavy atom. The second kappa shape index (κ2) is 6.92. The van der Waals surface area contributed by atoms with E-state index in [4.69, 9.17) is 16.3 Å². The summed E-state index contributed by atoms with van der Waals surface area (Å²) >= 11 is 5.46. The van der Waals surface area contributed by atoms with Gasteiger partial charge in [-0.3, -0.25) is 4.79 Å². The summed E-state index contributed by atoms with van der Waals surface area (Å²) in [6.45, 7) is 3.66. The number of aryl methyl sites for hydroxylation is 2. The van der Waals surface area contributed by atoms with Gasteiger partial charge in [-0.2, -0.15) is 5.26 Å². The van der Waals surface area contributed by atoms with Crippen LogP contribution in [0.3, 0.4) is 0 Å². The Morgan fingerprint density at radius 1 is 1.41 bits per heavy atom. The lowest BCUT2D eigenvalue weighted by atomic mass is 10.1. The van der Waals surface area contributed by atoms with Crippen molar-refractivity contribution in [3.8, 4) is 17.7 Å².